The minimum Gasteiger partial charge on any atom is -0.313 e. The third kappa shape index (κ3) is 2.86. The first-order valence-electron chi connectivity index (χ1n) is 6.59. The molecule has 1 heterocycles. The summed E-state index contributed by atoms with van der Waals surface area (Å²) < 4.78 is 15.1. The van der Waals surface area contributed by atoms with Crippen molar-refractivity contribution in [2.45, 2.75) is 33.4 Å². The molecular weight excluding hydrogens is 277 g/mol. The Labute approximate surface area is 123 Å². The fourth-order valence-electron chi connectivity index (χ4n) is 2.45. The molecule has 3 nitrogen and oxygen atoms in total. The van der Waals surface area contributed by atoms with E-state index in [1.54, 1.807) is 12.1 Å². The maximum absolute atomic E-state index is 13.2. The number of hydrogen-bond acceptors (Lipinski definition) is 2. The summed E-state index contributed by atoms with van der Waals surface area (Å²) in [5.41, 5.74) is 4.27. The van der Waals surface area contributed by atoms with Crippen molar-refractivity contribution >= 4 is 11.6 Å². The van der Waals surface area contributed by atoms with E-state index in [1.165, 1.54) is 11.6 Å². The Morgan fingerprint density at radius 3 is 2.70 bits per heavy atom. The van der Waals surface area contributed by atoms with Gasteiger partial charge in [-0.25, -0.2) is 4.39 Å². The summed E-state index contributed by atoms with van der Waals surface area (Å²) in [6.07, 6.45) is 0. The highest BCUT2D eigenvalue weighted by Gasteiger charge is 2.16. The predicted octanol–water partition coefficient (Wildman–Crippen LogP) is 3.62. The number of halogens is 2. The molecule has 0 radical (unpaired) electrons. The Bertz CT molecular complexity index is 622. The van der Waals surface area contributed by atoms with E-state index in [1.807, 2.05) is 25.6 Å². The molecule has 2 aromatic rings. The first kappa shape index (κ1) is 15.0. The van der Waals surface area contributed by atoms with Gasteiger partial charge in [-0.15, -0.1) is 0 Å². The van der Waals surface area contributed by atoms with Gasteiger partial charge in [-0.05, 0) is 45.5 Å². The van der Waals surface area contributed by atoms with Crippen LogP contribution in [0.2, 0.25) is 5.02 Å². The molecule has 1 N–H and O–H groups in total. The highest BCUT2D eigenvalue weighted by atomic mass is 35.5. The van der Waals surface area contributed by atoms with Gasteiger partial charge in [0.2, 0.25) is 0 Å². The lowest BCUT2D eigenvalue weighted by molar-refractivity contribution is 0.620. The third-order valence-corrected chi connectivity index (χ3v) is 3.91. The van der Waals surface area contributed by atoms with E-state index in [4.69, 9.17) is 11.6 Å². The normalized spacial score (nSPS) is 12.7. The molecule has 0 bridgehead atoms. The molecule has 108 valence electrons. The van der Waals surface area contributed by atoms with E-state index in [0.29, 0.717) is 6.54 Å². The lowest BCUT2D eigenvalue weighted by Crippen LogP contribution is -2.14. The molecule has 20 heavy (non-hydrogen) atoms. The van der Waals surface area contributed by atoms with Crippen molar-refractivity contribution in [2.75, 3.05) is 7.05 Å². The van der Waals surface area contributed by atoms with Gasteiger partial charge < -0.3 is 5.32 Å². The molecule has 5 heteroatoms. The predicted molar refractivity (Wildman–Crippen MR) is 79.7 cm³/mol. The number of nitrogens with zero attached hydrogens (tertiary/aromatic N) is 2. The van der Waals surface area contributed by atoms with Crippen LogP contribution in [0.15, 0.2) is 18.2 Å². The SMILES string of the molecule is CNC(C)c1c(C)nn(Cc2ccc(F)c(Cl)c2)c1C. The Morgan fingerprint density at radius 1 is 1.40 bits per heavy atom. The van der Waals surface area contributed by atoms with Crippen molar-refractivity contribution in [1.82, 2.24) is 15.1 Å². The van der Waals surface area contributed by atoms with Gasteiger partial charge in [0.15, 0.2) is 0 Å². The average molecular weight is 296 g/mol. The van der Waals surface area contributed by atoms with Crippen molar-refractivity contribution in [3.63, 3.8) is 0 Å². The van der Waals surface area contributed by atoms with Crippen LogP contribution in [0.1, 0.15) is 35.5 Å². The summed E-state index contributed by atoms with van der Waals surface area (Å²) >= 11 is 5.81. The molecule has 0 fully saturated rings. The number of hydrogen-bond donors (Lipinski definition) is 1. The van der Waals surface area contributed by atoms with E-state index in [9.17, 15) is 4.39 Å². The minimum absolute atomic E-state index is 0.146. The molecule has 1 aromatic heterocycles. The van der Waals surface area contributed by atoms with Gasteiger partial charge in [-0.3, -0.25) is 4.68 Å². The quantitative estimate of drug-likeness (QED) is 0.933. The van der Waals surface area contributed by atoms with E-state index < -0.39 is 5.82 Å². The number of nitrogens with one attached hydrogen (secondary N) is 1. The monoisotopic (exact) mass is 295 g/mol. The maximum Gasteiger partial charge on any atom is 0.141 e. The maximum atomic E-state index is 13.2. The fraction of sp³-hybridized carbons (Fsp3) is 0.400. The standard InChI is InChI=1S/C15H19ClFN3/c1-9(18-4)15-10(2)19-20(11(15)3)8-12-5-6-14(17)13(16)7-12/h5-7,9,18H,8H2,1-4H3. The third-order valence-electron chi connectivity index (χ3n) is 3.62. The Hall–Kier alpha value is -1.39. The Kier molecular flexibility index (Phi) is 4.45. The zero-order chi connectivity index (χ0) is 14.9. The topological polar surface area (TPSA) is 29.9 Å². The summed E-state index contributed by atoms with van der Waals surface area (Å²) in [5, 5.41) is 7.95. The van der Waals surface area contributed by atoms with Gasteiger partial charge in [0.05, 0.1) is 17.3 Å². The zero-order valence-corrected chi connectivity index (χ0v) is 12.9. The summed E-state index contributed by atoms with van der Waals surface area (Å²) in [7, 11) is 1.93. The summed E-state index contributed by atoms with van der Waals surface area (Å²) in [4.78, 5) is 0. The fourth-order valence-corrected chi connectivity index (χ4v) is 2.65. The van der Waals surface area contributed by atoms with Crippen LogP contribution in [-0.2, 0) is 6.54 Å². The Morgan fingerprint density at radius 2 is 2.10 bits per heavy atom. The van der Waals surface area contributed by atoms with Crippen LogP contribution >= 0.6 is 11.6 Å². The van der Waals surface area contributed by atoms with Crippen molar-refractivity contribution in [1.29, 1.82) is 0 Å². The van der Waals surface area contributed by atoms with Crippen molar-refractivity contribution in [2.24, 2.45) is 0 Å². The van der Waals surface area contributed by atoms with Gasteiger partial charge in [0.25, 0.3) is 0 Å². The van der Waals surface area contributed by atoms with Crippen LogP contribution in [0.5, 0.6) is 0 Å². The van der Waals surface area contributed by atoms with Crippen LogP contribution in [0.3, 0.4) is 0 Å². The first-order valence-corrected chi connectivity index (χ1v) is 6.97. The van der Waals surface area contributed by atoms with Gasteiger partial charge in [-0.2, -0.15) is 5.10 Å². The van der Waals surface area contributed by atoms with E-state index in [-0.39, 0.29) is 11.1 Å². The van der Waals surface area contributed by atoms with E-state index in [0.717, 1.165) is 17.0 Å². The minimum atomic E-state index is -0.395. The van der Waals surface area contributed by atoms with Crippen molar-refractivity contribution < 1.29 is 4.39 Å². The molecule has 0 spiro atoms. The molecule has 0 aliphatic rings. The summed E-state index contributed by atoms with van der Waals surface area (Å²) in [5.74, 6) is -0.395. The second-order valence-electron chi connectivity index (χ2n) is 5.00. The molecule has 1 aromatic carbocycles. The number of aromatic nitrogens is 2. The highest BCUT2D eigenvalue weighted by Crippen LogP contribution is 2.22. The lowest BCUT2D eigenvalue weighted by Gasteiger charge is -2.11. The number of benzene rings is 1. The zero-order valence-electron chi connectivity index (χ0n) is 12.2. The van der Waals surface area contributed by atoms with Crippen LogP contribution < -0.4 is 5.32 Å². The average Bonchev–Trinajstić information content (AvgIpc) is 2.68. The smallest absolute Gasteiger partial charge is 0.141 e. The van der Waals surface area contributed by atoms with Gasteiger partial charge in [0, 0.05) is 17.3 Å². The summed E-state index contributed by atoms with van der Waals surface area (Å²) in [6, 6.07) is 5.02. The lowest BCUT2D eigenvalue weighted by atomic mass is 10.1. The van der Waals surface area contributed by atoms with Gasteiger partial charge in [-0.1, -0.05) is 17.7 Å². The summed E-state index contributed by atoms with van der Waals surface area (Å²) in [6.45, 7) is 6.75. The Balaban J connectivity index is 2.32. The first-order chi connectivity index (χ1) is 9.43. The largest absolute Gasteiger partial charge is 0.313 e. The van der Waals surface area contributed by atoms with Crippen molar-refractivity contribution in [3.8, 4) is 0 Å². The molecule has 0 saturated heterocycles. The van der Waals surface area contributed by atoms with Gasteiger partial charge >= 0.3 is 0 Å². The molecule has 0 aliphatic heterocycles. The molecule has 0 aliphatic carbocycles. The molecular formula is C15H19ClFN3. The second-order valence-corrected chi connectivity index (χ2v) is 5.41. The van der Waals surface area contributed by atoms with E-state index in [2.05, 4.69) is 17.3 Å². The van der Waals surface area contributed by atoms with Crippen molar-refractivity contribution in [3.05, 3.63) is 51.6 Å². The van der Waals surface area contributed by atoms with Crippen LogP contribution in [0, 0.1) is 19.7 Å². The van der Waals surface area contributed by atoms with E-state index >= 15 is 0 Å². The highest BCUT2D eigenvalue weighted by molar-refractivity contribution is 6.30. The number of rotatable bonds is 4. The van der Waals surface area contributed by atoms with Crippen LogP contribution in [0.25, 0.3) is 0 Å². The van der Waals surface area contributed by atoms with Gasteiger partial charge in [0.1, 0.15) is 5.82 Å². The molecule has 2 rings (SSSR count). The number of aryl methyl sites for hydroxylation is 1. The van der Waals surface area contributed by atoms with Crippen LogP contribution in [0.4, 0.5) is 4.39 Å². The second kappa shape index (κ2) is 5.94. The molecule has 0 saturated carbocycles. The molecule has 0 amide bonds. The molecule has 1 unspecified atom stereocenters. The van der Waals surface area contributed by atoms with Crippen LogP contribution in [-0.4, -0.2) is 16.8 Å². The molecule has 1 atom stereocenters.